The van der Waals surface area contributed by atoms with E-state index in [-0.39, 0.29) is 0 Å². The lowest BCUT2D eigenvalue weighted by Gasteiger charge is -2.07. The Morgan fingerprint density at radius 3 is 1.62 bits per heavy atom. The normalized spacial score (nSPS) is 14.0. The van der Waals surface area contributed by atoms with Crippen LogP contribution in [0.25, 0.3) is 0 Å². The van der Waals surface area contributed by atoms with Gasteiger partial charge in [-0.1, -0.05) is 23.2 Å². The molecule has 0 atom stereocenters. The molecule has 0 rings (SSSR count). The van der Waals surface area contributed by atoms with Crippen molar-refractivity contribution in [1.29, 1.82) is 0 Å². The van der Waals surface area contributed by atoms with Gasteiger partial charge in [0.15, 0.2) is 0 Å². The van der Waals surface area contributed by atoms with E-state index in [1.165, 1.54) is 0 Å². The van der Waals surface area contributed by atoms with E-state index in [9.17, 15) is 8.42 Å². The maximum absolute atomic E-state index is 10.2. The van der Waals surface area contributed by atoms with Crippen molar-refractivity contribution < 1.29 is 8.42 Å². The zero-order valence-corrected chi connectivity index (χ0v) is 6.39. The molecule has 0 aliphatic carbocycles. The standard InChI is InChI=1S/C2H5Cl2NO2S/c1-2(3,4)8(5,6)7/h1H3,(H2,5,6,7). The lowest BCUT2D eigenvalue weighted by Crippen LogP contribution is -2.29. The van der Waals surface area contributed by atoms with Crippen molar-refractivity contribution in [1.82, 2.24) is 0 Å². The molecule has 0 aliphatic rings. The molecule has 50 valence electrons. The van der Waals surface area contributed by atoms with Gasteiger partial charge >= 0.3 is 0 Å². The molecule has 0 saturated carbocycles. The summed E-state index contributed by atoms with van der Waals surface area (Å²) in [5.41, 5.74) is 0. The first-order valence-corrected chi connectivity index (χ1v) is 3.95. The zero-order valence-electron chi connectivity index (χ0n) is 4.06. The second-order valence-corrected chi connectivity index (χ2v) is 5.41. The van der Waals surface area contributed by atoms with Crippen LogP contribution in [0.2, 0.25) is 0 Å². The molecule has 0 unspecified atom stereocenters. The van der Waals surface area contributed by atoms with Crippen LogP contribution in [0.4, 0.5) is 0 Å². The fourth-order valence-electron chi connectivity index (χ4n) is 0. The molecule has 0 saturated heterocycles. The summed E-state index contributed by atoms with van der Waals surface area (Å²) in [4.78, 5) is 0. The highest BCUT2D eigenvalue weighted by Crippen LogP contribution is 2.23. The van der Waals surface area contributed by atoms with Gasteiger partial charge in [0.05, 0.1) is 0 Å². The van der Waals surface area contributed by atoms with E-state index in [0.717, 1.165) is 6.92 Å². The molecule has 0 spiro atoms. The number of hydrogen-bond acceptors (Lipinski definition) is 2. The smallest absolute Gasteiger partial charge is 0.226 e. The largest absolute Gasteiger partial charge is 0.242 e. The van der Waals surface area contributed by atoms with Crippen LogP contribution in [-0.4, -0.2) is 12.1 Å². The first-order valence-electron chi connectivity index (χ1n) is 1.65. The lowest BCUT2D eigenvalue weighted by molar-refractivity contribution is 0.592. The quantitative estimate of drug-likeness (QED) is 0.591. The number of halogens is 2. The van der Waals surface area contributed by atoms with Gasteiger partial charge in [-0.3, -0.25) is 0 Å². The van der Waals surface area contributed by atoms with Gasteiger partial charge in [-0.25, -0.2) is 13.6 Å². The highest BCUT2D eigenvalue weighted by molar-refractivity contribution is 7.93. The van der Waals surface area contributed by atoms with Crippen LogP contribution < -0.4 is 5.14 Å². The Kier molecular flexibility index (Phi) is 2.15. The lowest BCUT2D eigenvalue weighted by atomic mass is 10.9. The first kappa shape index (κ1) is 8.49. The number of nitrogens with two attached hydrogens (primary N) is 1. The molecule has 2 N–H and O–H groups in total. The minimum Gasteiger partial charge on any atom is -0.226 e. The molecule has 6 heteroatoms. The van der Waals surface area contributed by atoms with Gasteiger partial charge in [0, 0.05) is 0 Å². The Morgan fingerprint density at radius 2 is 1.62 bits per heavy atom. The highest BCUT2D eigenvalue weighted by atomic mass is 35.5. The molecule has 0 aromatic heterocycles. The van der Waals surface area contributed by atoms with E-state index in [0.29, 0.717) is 0 Å². The highest BCUT2D eigenvalue weighted by Gasteiger charge is 2.30. The summed E-state index contributed by atoms with van der Waals surface area (Å²) in [5.74, 6) is 0. The van der Waals surface area contributed by atoms with Crippen molar-refractivity contribution in [2.45, 2.75) is 10.6 Å². The summed E-state index contributed by atoms with van der Waals surface area (Å²) in [6.45, 7) is 1.09. The predicted molar refractivity (Wildman–Crippen MR) is 33.2 cm³/mol. The Balaban J connectivity index is 4.53. The summed E-state index contributed by atoms with van der Waals surface area (Å²) in [6.07, 6.45) is 0. The Hall–Kier alpha value is 0.490. The minimum absolute atomic E-state index is 1.09. The molecular formula is C2H5Cl2NO2S. The van der Waals surface area contributed by atoms with E-state index in [1.54, 1.807) is 0 Å². The van der Waals surface area contributed by atoms with E-state index in [1.807, 2.05) is 0 Å². The van der Waals surface area contributed by atoms with Crippen LogP contribution in [0, 0.1) is 0 Å². The SMILES string of the molecule is CC(Cl)(Cl)S(N)(=O)=O. The van der Waals surface area contributed by atoms with Crippen molar-refractivity contribution in [3.63, 3.8) is 0 Å². The number of sulfonamides is 1. The van der Waals surface area contributed by atoms with Crippen LogP contribution in [0.15, 0.2) is 0 Å². The van der Waals surface area contributed by atoms with Gasteiger partial charge in [-0.15, -0.1) is 0 Å². The molecule has 0 aromatic carbocycles. The van der Waals surface area contributed by atoms with Gasteiger partial charge in [0.1, 0.15) is 0 Å². The number of alkyl halides is 2. The molecule has 0 heterocycles. The van der Waals surface area contributed by atoms with Crippen molar-refractivity contribution in [3.05, 3.63) is 0 Å². The van der Waals surface area contributed by atoms with Gasteiger partial charge in [0.25, 0.3) is 0 Å². The summed E-state index contributed by atoms with van der Waals surface area (Å²) < 4.78 is 18.5. The van der Waals surface area contributed by atoms with Crippen molar-refractivity contribution in [3.8, 4) is 0 Å². The van der Waals surface area contributed by atoms with Crippen molar-refractivity contribution in [2.24, 2.45) is 5.14 Å². The van der Waals surface area contributed by atoms with Crippen LogP contribution in [0.1, 0.15) is 6.92 Å². The van der Waals surface area contributed by atoms with E-state index in [4.69, 9.17) is 23.2 Å². The van der Waals surface area contributed by atoms with E-state index >= 15 is 0 Å². The van der Waals surface area contributed by atoms with Crippen molar-refractivity contribution >= 4 is 33.2 Å². The second-order valence-electron chi connectivity index (χ2n) is 1.35. The van der Waals surface area contributed by atoms with Crippen LogP contribution in [0.3, 0.4) is 0 Å². The fraction of sp³-hybridized carbons (Fsp3) is 1.00. The molecule has 0 amide bonds. The number of hydrogen-bond donors (Lipinski definition) is 1. The molecule has 3 nitrogen and oxygen atoms in total. The Morgan fingerprint density at radius 1 is 1.50 bits per heavy atom. The fourth-order valence-corrected chi connectivity index (χ4v) is 0. The van der Waals surface area contributed by atoms with Gasteiger partial charge < -0.3 is 0 Å². The van der Waals surface area contributed by atoms with E-state index in [2.05, 4.69) is 5.14 Å². The molecule has 0 bridgehead atoms. The third-order valence-corrected chi connectivity index (χ3v) is 2.79. The Labute approximate surface area is 57.8 Å². The van der Waals surface area contributed by atoms with Crippen LogP contribution >= 0.6 is 23.2 Å². The summed E-state index contributed by atoms with van der Waals surface area (Å²) in [6, 6.07) is 0. The molecule has 0 aliphatic heterocycles. The number of rotatable bonds is 1. The minimum atomic E-state index is -3.81. The average molecular weight is 178 g/mol. The maximum Gasteiger partial charge on any atom is 0.242 e. The predicted octanol–water partition coefficient (Wildman–Crippen LogP) is 0.426. The van der Waals surface area contributed by atoms with Gasteiger partial charge in [0.2, 0.25) is 13.7 Å². The molecular weight excluding hydrogens is 173 g/mol. The topological polar surface area (TPSA) is 60.2 Å². The molecule has 0 aromatic rings. The second kappa shape index (κ2) is 2.02. The zero-order chi connectivity index (χ0) is 7.00. The van der Waals surface area contributed by atoms with Crippen molar-refractivity contribution in [2.75, 3.05) is 0 Å². The van der Waals surface area contributed by atoms with E-state index < -0.39 is 13.7 Å². The van der Waals surface area contributed by atoms with Gasteiger partial charge in [-0.2, -0.15) is 0 Å². The first-order chi connectivity index (χ1) is 3.25. The summed E-state index contributed by atoms with van der Waals surface area (Å²) >= 11 is 10.1. The average Bonchev–Trinajstić information content (AvgIpc) is 1.25. The molecule has 0 radical (unpaired) electrons. The monoisotopic (exact) mass is 177 g/mol. The third kappa shape index (κ3) is 2.17. The maximum atomic E-state index is 10.2. The molecule has 8 heavy (non-hydrogen) atoms. The number of primary sulfonamides is 1. The Bertz CT molecular complexity index is 167. The molecule has 0 fully saturated rings. The van der Waals surface area contributed by atoms with Crippen LogP contribution in [-0.2, 0) is 10.0 Å². The van der Waals surface area contributed by atoms with Gasteiger partial charge in [-0.05, 0) is 6.92 Å². The third-order valence-electron chi connectivity index (χ3n) is 0.500. The van der Waals surface area contributed by atoms with Crippen LogP contribution in [0.5, 0.6) is 0 Å². The summed E-state index contributed by atoms with van der Waals surface area (Å²) in [5, 5.41) is 4.52. The summed E-state index contributed by atoms with van der Waals surface area (Å²) in [7, 11) is -3.81.